The average molecular weight is 430 g/mol. The minimum absolute atomic E-state index is 0.132. The molecule has 1 amide bonds. The van der Waals surface area contributed by atoms with E-state index in [9.17, 15) is 4.79 Å². The molecule has 0 bridgehead atoms. The van der Waals surface area contributed by atoms with Gasteiger partial charge in [-0.2, -0.15) is 0 Å². The number of para-hydroxylation sites is 1. The second-order valence-corrected chi connectivity index (χ2v) is 7.66. The van der Waals surface area contributed by atoms with Crippen LogP contribution in [0.15, 0.2) is 66.9 Å². The van der Waals surface area contributed by atoms with Crippen LogP contribution in [0.1, 0.15) is 28.2 Å². The first-order chi connectivity index (χ1) is 15.7. The van der Waals surface area contributed by atoms with Crippen LogP contribution in [0.2, 0.25) is 0 Å². The number of hydrogen-bond acceptors (Lipinski definition) is 5. The highest BCUT2D eigenvalue weighted by molar-refractivity contribution is 5.94. The summed E-state index contributed by atoms with van der Waals surface area (Å²) in [7, 11) is 1.64. The third kappa shape index (κ3) is 4.68. The van der Waals surface area contributed by atoms with Gasteiger partial charge in [-0.25, -0.2) is 4.68 Å². The smallest absolute Gasteiger partial charge is 0.276 e. The Morgan fingerprint density at radius 1 is 1.03 bits per heavy atom. The molecule has 0 aliphatic rings. The van der Waals surface area contributed by atoms with Crippen LogP contribution in [-0.4, -0.2) is 57.6 Å². The minimum Gasteiger partial charge on any atom is -0.383 e. The van der Waals surface area contributed by atoms with E-state index in [1.165, 1.54) is 5.56 Å². The topological polar surface area (TPSA) is 73.1 Å². The summed E-state index contributed by atoms with van der Waals surface area (Å²) in [6.45, 7) is 3.47. The van der Waals surface area contributed by atoms with Crippen molar-refractivity contribution in [1.82, 2.24) is 24.9 Å². The number of methoxy groups -OCH3 is 1. The minimum atomic E-state index is -0.132. The highest BCUT2D eigenvalue weighted by Crippen LogP contribution is 2.22. The highest BCUT2D eigenvalue weighted by atomic mass is 16.5. The molecule has 2 aromatic carbocycles. The van der Waals surface area contributed by atoms with Gasteiger partial charge < -0.3 is 9.64 Å². The van der Waals surface area contributed by atoms with Gasteiger partial charge in [0.05, 0.1) is 23.5 Å². The summed E-state index contributed by atoms with van der Waals surface area (Å²) in [6, 6.07) is 20.1. The summed E-state index contributed by atoms with van der Waals surface area (Å²) in [5, 5.41) is 9.55. The van der Waals surface area contributed by atoms with E-state index in [0.717, 1.165) is 29.4 Å². The number of aromatic nitrogens is 4. The number of amides is 1. The maximum Gasteiger partial charge on any atom is 0.276 e. The lowest BCUT2D eigenvalue weighted by molar-refractivity contribution is 0.0686. The molecule has 0 saturated heterocycles. The molecule has 0 unspecified atom stereocenters. The van der Waals surface area contributed by atoms with E-state index in [4.69, 9.17) is 4.74 Å². The van der Waals surface area contributed by atoms with Gasteiger partial charge in [0.1, 0.15) is 0 Å². The largest absolute Gasteiger partial charge is 0.383 e. The van der Waals surface area contributed by atoms with E-state index in [0.29, 0.717) is 31.1 Å². The van der Waals surface area contributed by atoms with E-state index >= 15 is 0 Å². The SMILES string of the molecule is COCCN(CCCc1ccccc1)C(=O)c1nnn(-c2cccc3cccnc23)c1C. The first kappa shape index (κ1) is 21.6. The Morgan fingerprint density at radius 2 is 1.84 bits per heavy atom. The first-order valence-corrected chi connectivity index (χ1v) is 10.8. The molecule has 7 nitrogen and oxygen atoms in total. The maximum absolute atomic E-state index is 13.4. The van der Waals surface area contributed by atoms with Crippen LogP contribution in [0.5, 0.6) is 0 Å². The second-order valence-electron chi connectivity index (χ2n) is 7.66. The Morgan fingerprint density at radius 3 is 2.66 bits per heavy atom. The fourth-order valence-corrected chi connectivity index (χ4v) is 3.80. The first-order valence-electron chi connectivity index (χ1n) is 10.8. The molecule has 2 aromatic heterocycles. The number of aryl methyl sites for hydroxylation is 1. The van der Waals surface area contributed by atoms with Crippen molar-refractivity contribution in [3.8, 4) is 5.69 Å². The zero-order chi connectivity index (χ0) is 22.3. The molecule has 0 aliphatic heterocycles. The van der Waals surface area contributed by atoms with E-state index in [-0.39, 0.29) is 5.91 Å². The van der Waals surface area contributed by atoms with Gasteiger partial charge in [-0.1, -0.05) is 53.7 Å². The van der Waals surface area contributed by atoms with Crippen molar-refractivity contribution in [2.24, 2.45) is 0 Å². The van der Waals surface area contributed by atoms with Gasteiger partial charge in [0, 0.05) is 31.8 Å². The van der Waals surface area contributed by atoms with Crippen molar-refractivity contribution in [3.05, 3.63) is 83.8 Å². The molecule has 0 fully saturated rings. The lowest BCUT2D eigenvalue weighted by atomic mass is 10.1. The van der Waals surface area contributed by atoms with Gasteiger partial charge in [-0.05, 0) is 37.5 Å². The van der Waals surface area contributed by atoms with E-state index in [1.54, 1.807) is 22.9 Å². The van der Waals surface area contributed by atoms with Crippen molar-refractivity contribution >= 4 is 16.8 Å². The Hall–Kier alpha value is -3.58. The Kier molecular flexibility index (Phi) is 6.87. The molecule has 4 aromatic rings. The Balaban J connectivity index is 1.55. The third-order valence-electron chi connectivity index (χ3n) is 5.53. The number of rotatable bonds is 9. The van der Waals surface area contributed by atoms with Crippen molar-refractivity contribution in [2.45, 2.75) is 19.8 Å². The van der Waals surface area contributed by atoms with Gasteiger partial charge in [0.25, 0.3) is 5.91 Å². The molecular formula is C25H27N5O2. The van der Waals surface area contributed by atoms with E-state index in [1.807, 2.05) is 55.5 Å². The van der Waals surface area contributed by atoms with Gasteiger partial charge in [0.15, 0.2) is 5.69 Å². The number of pyridine rings is 1. The molecule has 2 heterocycles. The van der Waals surface area contributed by atoms with Crippen LogP contribution in [0.3, 0.4) is 0 Å². The molecule has 4 rings (SSSR count). The monoisotopic (exact) mass is 429 g/mol. The molecule has 164 valence electrons. The zero-order valence-corrected chi connectivity index (χ0v) is 18.4. The number of carbonyl (C=O) groups is 1. The van der Waals surface area contributed by atoms with Crippen LogP contribution >= 0.6 is 0 Å². The molecule has 32 heavy (non-hydrogen) atoms. The van der Waals surface area contributed by atoms with Crippen LogP contribution < -0.4 is 0 Å². The predicted octanol–water partition coefficient (Wildman–Crippen LogP) is 3.85. The van der Waals surface area contributed by atoms with E-state index in [2.05, 4.69) is 27.4 Å². The van der Waals surface area contributed by atoms with Crippen molar-refractivity contribution < 1.29 is 9.53 Å². The second kappa shape index (κ2) is 10.2. The van der Waals surface area contributed by atoms with Crippen LogP contribution in [0, 0.1) is 6.92 Å². The number of nitrogens with zero attached hydrogens (tertiary/aromatic N) is 5. The molecule has 0 radical (unpaired) electrons. The highest BCUT2D eigenvalue weighted by Gasteiger charge is 2.23. The maximum atomic E-state index is 13.4. The number of benzene rings is 2. The number of fused-ring (bicyclic) bond motifs is 1. The van der Waals surface area contributed by atoms with Crippen LogP contribution in [-0.2, 0) is 11.2 Å². The number of hydrogen-bond donors (Lipinski definition) is 0. The molecule has 0 atom stereocenters. The summed E-state index contributed by atoms with van der Waals surface area (Å²) >= 11 is 0. The summed E-state index contributed by atoms with van der Waals surface area (Å²) in [5.41, 5.74) is 3.94. The molecule has 0 spiro atoms. The van der Waals surface area contributed by atoms with E-state index < -0.39 is 0 Å². The van der Waals surface area contributed by atoms with Gasteiger partial charge >= 0.3 is 0 Å². The number of carbonyl (C=O) groups excluding carboxylic acids is 1. The third-order valence-corrected chi connectivity index (χ3v) is 5.53. The summed E-state index contributed by atoms with van der Waals surface area (Å²) in [5.74, 6) is -0.132. The van der Waals surface area contributed by atoms with Crippen LogP contribution in [0.4, 0.5) is 0 Å². The fourth-order valence-electron chi connectivity index (χ4n) is 3.80. The summed E-state index contributed by atoms with van der Waals surface area (Å²) < 4.78 is 6.93. The quantitative estimate of drug-likeness (QED) is 0.404. The van der Waals surface area contributed by atoms with Gasteiger partial charge in [0.2, 0.25) is 0 Å². The van der Waals surface area contributed by atoms with Gasteiger partial charge in [-0.15, -0.1) is 5.10 Å². The Labute approximate surface area is 187 Å². The average Bonchev–Trinajstić information content (AvgIpc) is 3.22. The van der Waals surface area contributed by atoms with Gasteiger partial charge in [-0.3, -0.25) is 9.78 Å². The summed E-state index contributed by atoms with van der Waals surface area (Å²) in [4.78, 5) is 19.7. The number of ether oxygens (including phenoxy) is 1. The molecule has 0 N–H and O–H groups in total. The lowest BCUT2D eigenvalue weighted by Gasteiger charge is -2.21. The molecular weight excluding hydrogens is 402 g/mol. The van der Waals surface area contributed by atoms with Crippen molar-refractivity contribution in [1.29, 1.82) is 0 Å². The molecule has 0 saturated carbocycles. The Bertz CT molecular complexity index is 1180. The predicted molar refractivity (Wildman–Crippen MR) is 124 cm³/mol. The van der Waals surface area contributed by atoms with Crippen molar-refractivity contribution in [3.63, 3.8) is 0 Å². The summed E-state index contributed by atoms with van der Waals surface area (Å²) in [6.07, 6.45) is 3.52. The zero-order valence-electron chi connectivity index (χ0n) is 18.4. The standard InChI is InChI=1S/C25H27N5O2/c1-19-23(27-28-30(19)22-14-6-12-21-13-7-15-26-24(21)22)25(31)29(17-18-32-2)16-8-11-20-9-4-3-5-10-20/h3-7,9-10,12-15H,8,11,16-18H2,1-2H3. The van der Waals surface area contributed by atoms with Crippen molar-refractivity contribution in [2.75, 3.05) is 26.8 Å². The normalized spacial score (nSPS) is 11.1. The fraction of sp³-hybridized carbons (Fsp3) is 0.280. The van der Waals surface area contributed by atoms with Crippen LogP contribution in [0.25, 0.3) is 16.6 Å². The molecule has 7 heteroatoms. The molecule has 0 aliphatic carbocycles. The lowest BCUT2D eigenvalue weighted by Crippen LogP contribution is -2.35.